The summed E-state index contributed by atoms with van der Waals surface area (Å²) in [4.78, 5) is 9.53. The van der Waals surface area contributed by atoms with Gasteiger partial charge < -0.3 is 10.2 Å². The predicted molar refractivity (Wildman–Crippen MR) is 85.5 cm³/mol. The summed E-state index contributed by atoms with van der Waals surface area (Å²) in [6, 6.07) is 6.94. The van der Waals surface area contributed by atoms with Crippen molar-refractivity contribution < 1.29 is 0 Å². The van der Waals surface area contributed by atoms with Crippen molar-refractivity contribution >= 4 is 5.82 Å². The Morgan fingerprint density at radius 1 is 1.14 bits per heavy atom. The molecule has 3 aliphatic rings. The highest BCUT2D eigenvalue weighted by atomic mass is 15.3. The van der Waals surface area contributed by atoms with E-state index in [4.69, 9.17) is 0 Å². The molecule has 2 saturated heterocycles. The van der Waals surface area contributed by atoms with E-state index in [-0.39, 0.29) is 0 Å². The highest BCUT2D eigenvalue weighted by Crippen LogP contribution is 2.37. The summed E-state index contributed by atoms with van der Waals surface area (Å²) in [7, 11) is 0. The lowest BCUT2D eigenvalue weighted by molar-refractivity contribution is 0.215. The quantitative estimate of drug-likeness (QED) is 0.914. The van der Waals surface area contributed by atoms with Gasteiger partial charge >= 0.3 is 0 Å². The molecule has 0 bridgehead atoms. The molecule has 2 aliphatic heterocycles. The van der Waals surface area contributed by atoms with E-state index in [0.29, 0.717) is 0 Å². The van der Waals surface area contributed by atoms with Gasteiger partial charge in [0.1, 0.15) is 5.82 Å². The zero-order chi connectivity index (χ0) is 14.1. The van der Waals surface area contributed by atoms with E-state index in [0.717, 1.165) is 36.8 Å². The molecule has 0 radical (unpaired) electrons. The van der Waals surface area contributed by atoms with Crippen molar-refractivity contribution in [2.45, 2.75) is 25.3 Å². The van der Waals surface area contributed by atoms with Crippen LogP contribution in [0.15, 0.2) is 24.4 Å². The summed E-state index contributed by atoms with van der Waals surface area (Å²) < 4.78 is 0. The lowest BCUT2D eigenvalue weighted by Gasteiger charge is -2.37. The molecule has 1 saturated carbocycles. The number of nitrogens with zero attached hydrogens (tertiary/aromatic N) is 3. The molecule has 1 aromatic rings. The molecule has 0 amide bonds. The monoisotopic (exact) mass is 286 g/mol. The highest BCUT2D eigenvalue weighted by Gasteiger charge is 2.39. The van der Waals surface area contributed by atoms with Crippen molar-refractivity contribution in [1.29, 1.82) is 0 Å². The minimum Gasteiger partial charge on any atom is -0.354 e. The first-order valence-electron chi connectivity index (χ1n) is 8.52. The smallest absolute Gasteiger partial charge is 0.128 e. The standard InChI is InChI=1S/C17H26N4/c1-2-7-18-17(6-1)21-10-8-20(9-11-21)13-16-15-5-3-4-14(15)12-19-16/h1-2,6-7,14-16,19H,3-5,8-13H2. The van der Waals surface area contributed by atoms with Crippen LogP contribution in [-0.4, -0.2) is 55.2 Å². The maximum absolute atomic E-state index is 4.47. The Kier molecular flexibility index (Phi) is 3.82. The van der Waals surface area contributed by atoms with Crippen molar-refractivity contribution in [3.8, 4) is 0 Å². The van der Waals surface area contributed by atoms with E-state index in [2.05, 4.69) is 32.2 Å². The third kappa shape index (κ3) is 2.79. The molecular formula is C17H26N4. The topological polar surface area (TPSA) is 31.4 Å². The van der Waals surface area contributed by atoms with Gasteiger partial charge in [-0.05, 0) is 43.4 Å². The van der Waals surface area contributed by atoms with Gasteiger partial charge in [-0.2, -0.15) is 0 Å². The van der Waals surface area contributed by atoms with E-state index in [1.165, 1.54) is 45.4 Å². The van der Waals surface area contributed by atoms with Crippen molar-refractivity contribution in [3.05, 3.63) is 24.4 Å². The second-order valence-electron chi connectivity index (χ2n) is 6.85. The summed E-state index contributed by atoms with van der Waals surface area (Å²) in [6.07, 6.45) is 6.27. The van der Waals surface area contributed by atoms with Crippen LogP contribution in [0.25, 0.3) is 0 Å². The zero-order valence-corrected chi connectivity index (χ0v) is 12.7. The van der Waals surface area contributed by atoms with Gasteiger partial charge in [0.15, 0.2) is 0 Å². The molecule has 21 heavy (non-hydrogen) atoms. The predicted octanol–water partition coefficient (Wildman–Crippen LogP) is 1.59. The molecular weight excluding hydrogens is 260 g/mol. The molecule has 3 unspecified atom stereocenters. The lowest BCUT2D eigenvalue weighted by atomic mass is 9.94. The normalized spacial score (nSPS) is 33.3. The average Bonchev–Trinajstić information content (AvgIpc) is 3.14. The van der Waals surface area contributed by atoms with E-state index in [9.17, 15) is 0 Å². The minimum absolute atomic E-state index is 0.749. The molecule has 3 fully saturated rings. The molecule has 4 heteroatoms. The first-order valence-corrected chi connectivity index (χ1v) is 8.52. The third-order valence-electron chi connectivity index (χ3n) is 5.68. The summed E-state index contributed by atoms with van der Waals surface area (Å²) in [5, 5.41) is 3.78. The van der Waals surface area contributed by atoms with Crippen LogP contribution < -0.4 is 10.2 Å². The number of hydrogen-bond donors (Lipinski definition) is 1. The Hall–Kier alpha value is -1.13. The molecule has 3 atom stereocenters. The molecule has 1 aliphatic carbocycles. The Labute approximate surface area is 127 Å². The number of pyridine rings is 1. The maximum Gasteiger partial charge on any atom is 0.128 e. The van der Waals surface area contributed by atoms with Gasteiger partial charge in [-0.1, -0.05) is 12.5 Å². The van der Waals surface area contributed by atoms with Crippen LogP contribution in [-0.2, 0) is 0 Å². The minimum atomic E-state index is 0.749. The molecule has 4 nitrogen and oxygen atoms in total. The van der Waals surface area contributed by atoms with Crippen molar-refractivity contribution in [2.24, 2.45) is 11.8 Å². The fourth-order valence-electron chi connectivity index (χ4n) is 4.48. The summed E-state index contributed by atoms with van der Waals surface area (Å²) in [5.41, 5.74) is 0. The second-order valence-corrected chi connectivity index (χ2v) is 6.85. The van der Waals surface area contributed by atoms with E-state index < -0.39 is 0 Å². The van der Waals surface area contributed by atoms with Crippen LogP contribution in [0.3, 0.4) is 0 Å². The lowest BCUT2D eigenvalue weighted by Crippen LogP contribution is -2.51. The van der Waals surface area contributed by atoms with Gasteiger partial charge in [0.25, 0.3) is 0 Å². The average molecular weight is 286 g/mol. The number of piperazine rings is 1. The second kappa shape index (κ2) is 5.93. The van der Waals surface area contributed by atoms with Crippen molar-refractivity contribution in [2.75, 3.05) is 44.2 Å². The van der Waals surface area contributed by atoms with Gasteiger partial charge in [0, 0.05) is 45.0 Å². The number of nitrogens with one attached hydrogen (secondary N) is 1. The van der Waals surface area contributed by atoms with Gasteiger partial charge in [0.05, 0.1) is 0 Å². The van der Waals surface area contributed by atoms with E-state index in [1.54, 1.807) is 0 Å². The number of fused-ring (bicyclic) bond motifs is 1. The largest absolute Gasteiger partial charge is 0.354 e. The Bertz CT molecular complexity index is 455. The van der Waals surface area contributed by atoms with Crippen LogP contribution in [0, 0.1) is 11.8 Å². The number of rotatable bonds is 3. The fraction of sp³-hybridized carbons (Fsp3) is 0.706. The van der Waals surface area contributed by atoms with Crippen LogP contribution in [0.5, 0.6) is 0 Å². The molecule has 114 valence electrons. The van der Waals surface area contributed by atoms with Crippen LogP contribution >= 0.6 is 0 Å². The van der Waals surface area contributed by atoms with Crippen molar-refractivity contribution in [1.82, 2.24) is 15.2 Å². The van der Waals surface area contributed by atoms with Gasteiger partial charge in [-0.25, -0.2) is 4.98 Å². The first kappa shape index (κ1) is 13.5. The molecule has 3 heterocycles. The van der Waals surface area contributed by atoms with E-state index >= 15 is 0 Å². The fourth-order valence-corrected chi connectivity index (χ4v) is 4.48. The molecule has 4 rings (SSSR count). The summed E-state index contributed by atoms with van der Waals surface area (Å²) in [6.45, 7) is 7.08. The summed E-state index contributed by atoms with van der Waals surface area (Å²) >= 11 is 0. The first-order chi connectivity index (χ1) is 10.4. The highest BCUT2D eigenvalue weighted by molar-refractivity contribution is 5.38. The molecule has 1 N–H and O–H groups in total. The third-order valence-corrected chi connectivity index (χ3v) is 5.68. The van der Waals surface area contributed by atoms with Crippen LogP contribution in [0.4, 0.5) is 5.82 Å². The van der Waals surface area contributed by atoms with Gasteiger partial charge in [-0.3, -0.25) is 4.90 Å². The number of aromatic nitrogens is 1. The van der Waals surface area contributed by atoms with Crippen LogP contribution in [0.1, 0.15) is 19.3 Å². The SMILES string of the molecule is c1ccc(N2CCN(CC3NCC4CCCC43)CC2)nc1. The van der Waals surface area contributed by atoms with E-state index in [1.807, 2.05) is 12.3 Å². The van der Waals surface area contributed by atoms with Gasteiger partial charge in [-0.15, -0.1) is 0 Å². The van der Waals surface area contributed by atoms with Crippen molar-refractivity contribution in [3.63, 3.8) is 0 Å². The number of anilines is 1. The Morgan fingerprint density at radius 2 is 2.05 bits per heavy atom. The number of hydrogen-bond acceptors (Lipinski definition) is 4. The zero-order valence-electron chi connectivity index (χ0n) is 12.7. The Balaban J connectivity index is 1.30. The molecule has 0 spiro atoms. The van der Waals surface area contributed by atoms with Gasteiger partial charge in [0.2, 0.25) is 0 Å². The Morgan fingerprint density at radius 3 is 2.86 bits per heavy atom. The molecule has 0 aromatic carbocycles. The summed E-state index contributed by atoms with van der Waals surface area (Å²) in [5.74, 6) is 3.07. The maximum atomic E-state index is 4.47. The van der Waals surface area contributed by atoms with Crippen LogP contribution in [0.2, 0.25) is 0 Å². The molecule has 1 aromatic heterocycles.